The van der Waals surface area contributed by atoms with E-state index in [0.29, 0.717) is 25.3 Å². The topological polar surface area (TPSA) is 140 Å². The molecule has 11 nitrogen and oxygen atoms in total. The molecule has 3 unspecified atom stereocenters. The summed E-state index contributed by atoms with van der Waals surface area (Å²) in [5.74, 6) is 1.01. The predicted molar refractivity (Wildman–Crippen MR) is 323 cm³/mol. The third-order valence-corrected chi connectivity index (χ3v) is 17.6. The average Bonchev–Trinajstić information content (AvgIpc) is 3.98. The summed E-state index contributed by atoms with van der Waals surface area (Å²) in [6.45, 7) is 25.9. The first kappa shape index (κ1) is 62.7. The van der Waals surface area contributed by atoms with E-state index in [1.54, 1.807) is 0 Å². The maximum absolute atomic E-state index is 11.9. The molecule has 0 spiro atoms. The first-order chi connectivity index (χ1) is 37.6. The van der Waals surface area contributed by atoms with Gasteiger partial charge in [0.15, 0.2) is 0 Å². The van der Waals surface area contributed by atoms with Crippen LogP contribution in [0.4, 0.5) is 11.4 Å². The molecule has 2 aliphatic rings. The number of fused-ring (bicyclic) bond motifs is 6. The van der Waals surface area contributed by atoms with E-state index in [9.17, 15) is 23.3 Å². The molecule has 2 heterocycles. The Bertz CT molecular complexity index is 2840. The summed E-state index contributed by atoms with van der Waals surface area (Å²) in [6.07, 6.45) is 22.4. The molecule has 0 saturated carbocycles. The molecule has 0 fully saturated rings. The van der Waals surface area contributed by atoms with Crippen LogP contribution in [0.25, 0.3) is 27.1 Å². The van der Waals surface area contributed by atoms with Gasteiger partial charge in [-0.2, -0.15) is 8.54 Å². The number of hydrogen-bond acceptors (Lipinski definition) is 9. The first-order valence-corrected chi connectivity index (χ1v) is 31.6. The lowest BCUT2D eigenvalue weighted by molar-refractivity contribution is -0.929. The summed E-state index contributed by atoms with van der Waals surface area (Å²) in [4.78, 5) is 3.53. The normalized spacial score (nSPS) is 18.1. The lowest BCUT2D eigenvalue weighted by atomic mass is 9.78. The van der Waals surface area contributed by atoms with Crippen LogP contribution in [0.5, 0.6) is 5.75 Å². The van der Waals surface area contributed by atoms with Crippen molar-refractivity contribution in [3.05, 3.63) is 144 Å². The molecule has 0 aliphatic carbocycles. The maximum atomic E-state index is 11.9. The molecule has 0 saturated heterocycles. The number of quaternary nitrogens is 2. The highest BCUT2D eigenvalue weighted by atomic mass is 32.2. The van der Waals surface area contributed by atoms with Crippen LogP contribution in [0.1, 0.15) is 149 Å². The molecule has 0 radical (unpaired) electrons. The minimum Gasteiger partial charge on any atom is -0.706 e. The van der Waals surface area contributed by atoms with Gasteiger partial charge in [0.1, 0.15) is 17.5 Å². The number of benzene rings is 5. The molecule has 3 N–H and O–H groups in total. The van der Waals surface area contributed by atoms with Crippen LogP contribution >= 0.6 is 12.0 Å². The van der Waals surface area contributed by atoms with Crippen LogP contribution in [0.15, 0.2) is 127 Å². The van der Waals surface area contributed by atoms with E-state index in [0.717, 1.165) is 70.5 Å². The van der Waals surface area contributed by atoms with E-state index in [-0.39, 0.29) is 30.2 Å². The third-order valence-electron chi connectivity index (χ3n) is 16.2. The molecule has 5 aromatic rings. The van der Waals surface area contributed by atoms with Gasteiger partial charge in [0.25, 0.3) is 0 Å². The summed E-state index contributed by atoms with van der Waals surface area (Å²) in [6, 6.07) is 33.7. The van der Waals surface area contributed by atoms with Gasteiger partial charge < -0.3 is 29.0 Å². The van der Waals surface area contributed by atoms with Crippen LogP contribution in [-0.2, 0) is 30.3 Å². The van der Waals surface area contributed by atoms with Crippen molar-refractivity contribution >= 4 is 60.7 Å². The minimum absolute atomic E-state index is 0.0411. The van der Waals surface area contributed by atoms with Gasteiger partial charge in [0.05, 0.1) is 50.5 Å². The first-order valence-electron chi connectivity index (χ1n) is 29.1. The fraction of sp³-hybridized carbons (Fsp3) is 0.508. The number of hydrogen-bond donors (Lipinski definition) is 2. The van der Waals surface area contributed by atoms with E-state index < -0.39 is 15.5 Å². The number of unbranched alkanes of at least 4 members (excludes halogenated alkanes) is 5. The fourth-order valence-electron chi connectivity index (χ4n) is 12.1. The van der Waals surface area contributed by atoms with Gasteiger partial charge in [-0.3, -0.25) is 9.94 Å². The largest absolute Gasteiger partial charge is 0.706 e. The SMILES string of the molecule is CC1(C)\C(=C/C=C(/C=C/C2[NH+](CCCSOO[O-])c3ccc4ccccc4c3C2(C)C)c2cccc(OCCCCO)c2)N(CCCS(=O)([O-])=[OH+])c2ccc3ccccc3c21.CCCC[N+](CCCC)(CCCC)CCCC. The molecular weight excluding hydrogens is 1010 g/mol. The van der Waals surface area contributed by atoms with Crippen molar-refractivity contribution in [3.8, 4) is 5.75 Å². The number of rotatable bonds is 31. The summed E-state index contributed by atoms with van der Waals surface area (Å²) < 4.78 is 45.6. The van der Waals surface area contributed by atoms with Gasteiger partial charge >= 0.3 is 0 Å². The second kappa shape index (κ2) is 30.3. The molecule has 3 atom stereocenters. The van der Waals surface area contributed by atoms with E-state index in [2.05, 4.69) is 173 Å². The van der Waals surface area contributed by atoms with E-state index in [1.165, 1.54) is 115 Å². The maximum Gasteiger partial charge on any atom is 0.232 e. The van der Waals surface area contributed by atoms with E-state index in [1.807, 2.05) is 18.2 Å². The quantitative estimate of drug-likeness (QED) is 0.00649. The standard InChI is InChI=1S/C49H56N2O8S2.C16H36N/c1-48(2)44(50(28-12-32-60-59-58-53)42-24-20-36-14-5-7-18-40(36)46(42)48)26-22-35(38-16-11-17-39(34-38)57-31-10-9-30-52)23-27-45-49(3,4)47-41-19-8-6-15-37(41)21-25-43(47)51(45)29-13-33-61(54,55)56;1-5-9-13-17(14-10-6-2,15-11-7-3)16-12-8-4/h5-8,11,14-27,34,44,52-53H,9-10,12-13,28-33H2,1-4H3,(H,54,55,56);5-16H2,1-4H3/q;+1/b26-22+,35-23-,45-27+;. The third kappa shape index (κ3) is 16.3. The highest BCUT2D eigenvalue weighted by molar-refractivity contribution is 7.94. The molecule has 0 aromatic heterocycles. The molecule has 7 rings (SSSR count). The number of allylic oxidation sites excluding steroid dienone is 5. The Balaban J connectivity index is 0.000000498. The Labute approximate surface area is 472 Å². The van der Waals surface area contributed by atoms with Crippen molar-refractivity contribution < 1.29 is 46.8 Å². The zero-order chi connectivity index (χ0) is 56.2. The second-order valence-corrected chi connectivity index (χ2v) is 24.9. The lowest BCUT2D eigenvalue weighted by Crippen LogP contribution is -3.10. The van der Waals surface area contributed by atoms with Gasteiger partial charge in [-0.25, -0.2) is 4.21 Å². The summed E-state index contributed by atoms with van der Waals surface area (Å²) in [5, 5.41) is 28.2. The van der Waals surface area contributed by atoms with E-state index >= 15 is 0 Å². The van der Waals surface area contributed by atoms with Crippen molar-refractivity contribution in [2.24, 2.45) is 0 Å². The van der Waals surface area contributed by atoms with Crippen molar-refractivity contribution in [2.75, 3.05) is 68.9 Å². The molecule has 0 amide bonds. The molecule has 5 aromatic carbocycles. The highest BCUT2D eigenvalue weighted by Gasteiger charge is 2.49. The average molecular weight is 1110 g/mol. The van der Waals surface area contributed by atoms with Gasteiger partial charge in [-0.05, 0) is 133 Å². The van der Waals surface area contributed by atoms with Gasteiger partial charge in [-0.1, -0.05) is 146 Å². The molecular formula is C65H92N3O8S2+. The van der Waals surface area contributed by atoms with Gasteiger partial charge in [0.2, 0.25) is 10.1 Å². The summed E-state index contributed by atoms with van der Waals surface area (Å²) >= 11 is 1.01. The molecule has 2 aliphatic heterocycles. The number of nitrogens with zero attached hydrogens (tertiary/aromatic N) is 2. The molecule has 426 valence electrons. The predicted octanol–water partition coefficient (Wildman–Crippen LogP) is 13.0. The van der Waals surface area contributed by atoms with Crippen LogP contribution in [-0.4, -0.2) is 92.6 Å². The van der Waals surface area contributed by atoms with Crippen molar-refractivity contribution in [1.29, 1.82) is 0 Å². The number of ether oxygens (including phenoxy) is 1. The second-order valence-electron chi connectivity index (χ2n) is 22.6. The van der Waals surface area contributed by atoms with Crippen LogP contribution < -0.4 is 19.8 Å². The summed E-state index contributed by atoms with van der Waals surface area (Å²) in [5.41, 5.74) is 7.03. The van der Waals surface area contributed by atoms with Crippen LogP contribution in [0.2, 0.25) is 0 Å². The van der Waals surface area contributed by atoms with E-state index in [4.69, 9.17) is 4.74 Å². The summed E-state index contributed by atoms with van der Waals surface area (Å²) in [7, 11) is -4.14. The minimum atomic E-state index is -4.14. The fourth-order valence-corrected chi connectivity index (χ4v) is 13.0. The Morgan fingerprint density at radius 3 is 2.00 bits per heavy atom. The van der Waals surface area contributed by atoms with Crippen molar-refractivity contribution in [1.82, 2.24) is 0 Å². The smallest absolute Gasteiger partial charge is 0.232 e. The Hall–Kier alpha value is -4.54. The molecule has 78 heavy (non-hydrogen) atoms. The van der Waals surface area contributed by atoms with Gasteiger partial charge in [-0.15, -0.1) is 0 Å². The van der Waals surface area contributed by atoms with Crippen molar-refractivity contribution in [2.45, 2.75) is 149 Å². The number of nitrogens with one attached hydrogen (secondary N) is 1. The molecule has 13 heteroatoms. The Morgan fingerprint density at radius 1 is 0.782 bits per heavy atom. The number of aliphatic hydroxyl groups excluding tert-OH is 1. The Morgan fingerprint density at radius 2 is 1.40 bits per heavy atom. The lowest BCUT2D eigenvalue weighted by Gasteiger charge is -2.39. The zero-order valence-electron chi connectivity index (χ0n) is 48.2. The monoisotopic (exact) mass is 1110 g/mol. The van der Waals surface area contributed by atoms with Crippen molar-refractivity contribution in [3.63, 3.8) is 0 Å². The number of anilines is 1. The number of aliphatic hydroxyl groups is 1. The molecule has 0 bridgehead atoms. The van der Waals surface area contributed by atoms with Crippen LogP contribution in [0, 0.1) is 0 Å². The zero-order valence-corrected chi connectivity index (χ0v) is 49.9. The Kier molecular flexibility index (Phi) is 24.4. The van der Waals surface area contributed by atoms with Gasteiger partial charge in [0, 0.05) is 65.8 Å². The highest BCUT2D eigenvalue weighted by Crippen LogP contribution is 2.51. The van der Waals surface area contributed by atoms with Crippen LogP contribution in [0.3, 0.4) is 0 Å².